The predicted molar refractivity (Wildman–Crippen MR) is 58.4 cm³/mol. The van der Waals surface area contributed by atoms with Crippen LogP contribution in [0.25, 0.3) is 0 Å². The summed E-state index contributed by atoms with van der Waals surface area (Å²) in [6.07, 6.45) is 8.07. The lowest BCUT2D eigenvalue weighted by Gasteiger charge is -2.28. The molecule has 0 aromatic carbocycles. The monoisotopic (exact) mass is 197 g/mol. The molecule has 2 fully saturated rings. The lowest BCUT2D eigenvalue weighted by Crippen LogP contribution is -2.41. The molecule has 2 aliphatic rings. The molecule has 82 valence electrons. The Morgan fingerprint density at radius 1 is 1.21 bits per heavy atom. The summed E-state index contributed by atoms with van der Waals surface area (Å²) in [4.78, 5) is 0. The number of rotatable bonds is 5. The minimum absolute atomic E-state index is 0.729. The van der Waals surface area contributed by atoms with Gasteiger partial charge in [-0.2, -0.15) is 0 Å². The lowest BCUT2D eigenvalue weighted by molar-refractivity contribution is 0.0741. The van der Waals surface area contributed by atoms with Crippen LogP contribution < -0.4 is 5.32 Å². The average Bonchev–Trinajstić information content (AvgIpc) is 3.02. The van der Waals surface area contributed by atoms with Crippen molar-refractivity contribution in [2.24, 2.45) is 5.92 Å². The molecule has 1 saturated heterocycles. The predicted octanol–water partition coefficient (Wildman–Crippen LogP) is 2.33. The first-order valence-corrected chi connectivity index (χ1v) is 6.22. The van der Waals surface area contributed by atoms with E-state index in [1.54, 1.807) is 0 Å². The van der Waals surface area contributed by atoms with Gasteiger partial charge >= 0.3 is 0 Å². The van der Waals surface area contributed by atoms with Gasteiger partial charge in [-0.05, 0) is 31.6 Å². The van der Waals surface area contributed by atoms with E-state index in [9.17, 15) is 0 Å². The lowest BCUT2D eigenvalue weighted by atomic mass is 10.0. The molecule has 1 aliphatic heterocycles. The van der Waals surface area contributed by atoms with Crippen molar-refractivity contribution in [2.45, 2.75) is 57.5 Å². The van der Waals surface area contributed by atoms with Gasteiger partial charge in [0.1, 0.15) is 0 Å². The van der Waals surface area contributed by atoms with Crippen LogP contribution >= 0.6 is 0 Å². The Balaban J connectivity index is 1.68. The highest BCUT2D eigenvalue weighted by Gasteiger charge is 2.26. The van der Waals surface area contributed by atoms with Gasteiger partial charge in [0.05, 0.1) is 0 Å². The third kappa shape index (κ3) is 3.25. The zero-order chi connectivity index (χ0) is 9.80. The first-order valence-electron chi connectivity index (χ1n) is 6.22. The molecular formula is C12H23NO. The summed E-state index contributed by atoms with van der Waals surface area (Å²) in [5.41, 5.74) is 0. The SMILES string of the molecule is CCC(CC1CC1)NC1CCOCC1. The minimum atomic E-state index is 0.729. The van der Waals surface area contributed by atoms with Gasteiger partial charge in [0.2, 0.25) is 0 Å². The highest BCUT2D eigenvalue weighted by atomic mass is 16.5. The van der Waals surface area contributed by atoms with Gasteiger partial charge in [-0.15, -0.1) is 0 Å². The van der Waals surface area contributed by atoms with Crippen molar-refractivity contribution in [2.75, 3.05) is 13.2 Å². The van der Waals surface area contributed by atoms with Gasteiger partial charge in [0.15, 0.2) is 0 Å². The first-order chi connectivity index (χ1) is 6.88. The molecule has 0 aromatic heterocycles. The van der Waals surface area contributed by atoms with E-state index in [0.717, 1.165) is 31.2 Å². The number of hydrogen-bond donors (Lipinski definition) is 1. The zero-order valence-electron chi connectivity index (χ0n) is 9.30. The van der Waals surface area contributed by atoms with Crippen LogP contribution in [0.1, 0.15) is 45.4 Å². The molecule has 0 aromatic rings. The van der Waals surface area contributed by atoms with Crippen molar-refractivity contribution in [1.82, 2.24) is 5.32 Å². The van der Waals surface area contributed by atoms with Crippen molar-refractivity contribution in [1.29, 1.82) is 0 Å². The third-order valence-electron chi connectivity index (χ3n) is 3.50. The van der Waals surface area contributed by atoms with Crippen LogP contribution in [0.5, 0.6) is 0 Å². The van der Waals surface area contributed by atoms with Crippen molar-refractivity contribution in [3.63, 3.8) is 0 Å². The van der Waals surface area contributed by atoms with Crippen molar-refractivity contribution in [3.8, 4) is 0 Å². The van der Waals surface area contributed by atoms with Gasteiger partial charge < -0.3 is 10.1 Å². The number of ether oxygens (including phenoxy) is 1. The van der Waals surface area contributed by atoms with Gasteiger partial charge in [0, 0.05) is 25.3 Å². The molecule has 0 bridgehead atoms. The fourth-order valence-electron chi connectivity index (χ4n) is 2.31. The maximum Gasteiger partial charge on any atom is 0.0480 e. The van der Waals surface area contributed by atoms with Crippen molar-refractivity contribution in [3.05, 3.63) is 0 Å². The summed E-state index contributed by atoms with van der Waals surface area (Å²) in [5.74, 6) is 1.05. The van der Waals surface area contributed by atoms with Crippen molar-refractivity contribution < 1.29 is 4.74 Å². The van der Waals surface area contributed by atoms with E-state index >= 15 is 0 Å². The summed E-state index contributed by atoms with van der Waals surface area (Å²) >= 11 is 0. The Labute approximate surface area is 87.4 Å². The normalized spacial score (nSPS) is 26.4. The molecule has 2 heteroatoms. The Bertz CT molecular complexity index is 162. The summed E-state index contributed by atoms with van der Waals surface area (Å²) in [5, 5.41) is 3.80. The van der Waals surface area contributed by atoms with Crippen LogP contribution in [0.3, 0.4) is 0 Å². The Hall–Kier alpha value is -0.0800. The second-order valence-corrected chi connectivity index (χ2v) is 4.84. The zero-order valence-corrected chi connectivity index (χ0v) is 9.30. The molecular weight excluding hydrogens is 174 g/mol. The summed E-state index contributed by atoms with van der Waals surface area (Å²) in [6, 6.07) is 1.50. The minimum Gasteiger partial charge on any atom is -0.381 e. The van der Waals surface area contributed by atoms with Gasteiger partial charge in [-0.3, -0.25) is 0 Å². The third-order valence-corrected chi connectivity index (χ3v) is 3.50. The standard InChI is InChI=1S/C12H23NO/c1-2-11(9-10-3-4-10)13-12-5-7-14-8-6-12/h10-13H,2-9H2,1H3. The largest absolute Gasteiger partial charge is 0.381 e. The Kier molecular flexibility index (Phi) is 3.82. The quantitative estimate of drug-likeness (QED) is 0.730. The molecule has 1 saturated carbocycles. The van der Waals surface area contributed by atoms with Crippen LogP contribution in [0.4, 0.5) is 0 Å². The van der Waals surface area contributed by atoms with Crippen LogP contribution in [0.15, 0.2) is 0 Å². The van der Waals surface area contributed by atoms with E-state index in [1.165, 1.54) is 38.5 Å². The van der Waals surface area contributed by atoms with E-state index in [1.807, 2.05) is 0 Å². The summed E-state index contributed by atoms with van der Waals surface area (Å²) in [6.45, 7) is 4.22. The Morgan fingerprint density at radius 3 is 2.50 bits per heavy atom. The molecule has 2 rings (SSSR count). The van der Waals surface area contributed by atoms with Crippen LogP contribution in [0.2, 0.25) is 0 Å². The fourth-order valence-corrected chi connectivity index (χ4v) is 2.31. The fraction of sp³-hybridized carbons (Fsp3) is 1.00. The summed E-state index contributed by atoms with van der Waals surface area (Å²) in [7, 11) is 0. The molecule has 1 unspecified atom stereocenters. The highest BCUT2D eigenvalue weighted by molar-refractivity contribution is 4.82. The molecule has 14 heavy (non-hydrogen) atoms. The van der Waals surface area contributed by atoms with E-state index in [4.69, 9.17) is 4.74 Å². The maximum absolute atomic E-state index is 5.37. The van der Waals surface area contributed by atoms with E-state index in [0.29, 0.717) is 0 Å². The second-order valence-electron chi connectivity index (χ2n) is 4.84. The topological polar surface area (TPSA) is 21.3 Å². The smallest absolute Gasteiger partial charge is 0.0480 e. The first kappa shape index (κ1) is 10.4. The molecule has 0 radical (unpaired) electrons. The maximum atomic E-state index is 5.37. The molecule has 2 nitrogen and oxygen atoms in total. The van der Waals surface area contributed by atoms with Crippen LogP contribution in [-0.2, 0) is 4.74 Å². The Morgan fingerprint density at radius 2 is 1.93 bits per heavy atom. The molecule has 1 atom stereocenters. The van der Waals surface area contributed by atoms with E-state index < -0.39 is 0 Å². The second kappa shape index (κ2) is 5.13. The molecule has 0 spiro atoms. The van der Waals surface area contributed by atoms with E-state index in [-0.39, 0.29) is 0 Å². The molecule has 1 N–H and O–H groups in total. The van der Waals surface area contributed by atoms with Gasteiger partial charge in [0.25, 0.3) is 0 Å². The number of hydrogen-bond acceptors (Lipinski definition) is 2. The average molecular weight is 197 g/mol. The molecule has 1 aliphatic carbocycles. The van der Waals surface area contributed by atoms with Gasteiger partial charge in [-0.1, -0.05) is 19.8 Å². The molecule has 0 amide bonds. The number of nitrogens with one attached hydrogen (secondary N) is 1. The highest BCUT2D eigenvalue weighted by Crippen LogP contribution is 2.34. The molecule has 1 heterocycles. The van der Waals surface area contributed by atoms with E-state index in [2.05, 4.69) is 12.2 Å². The van der Waals surface area contributed by atoms with Crippen LogP contribution in [-0.4, -0.2) is 25.3 Å². The van der Waals surface area contributed by atoms with Gasteiger partial charge in [-0.25, -0.2) is 0 Å². The summed E-state index contributed by atoms with van der Waals surface area (Å²) < 4.78 is 5.37. The van der Waals surface area contributed by atoms with Crippen LogP contribution in [0, 0.1) is 5.92 Å². The van der Waals surface area contributed by atoms with Crippen molar-refractivity contribution >= 4 is 0 Å².